The molecule has 1 amide bonds. The molecule has 0 saturated heterocycles. The fraction of sp³-hybridized carbons (Fsp3) is 0.467. The van der Waals surface area contributed by atoms with Crippen LogP contribution in [0.4, 0.5) is 22.0 Å². The van der Waals surface area contributed by atoms with Crippen molar-refractivity contribution in [3.05, 3.63) is 76.5 Å². The molecule has 0 radical (unpaired) electrons. The van der Waals surface area contributed by atoms with Crippen molar-refractivity contribution in [1.82, 2.24) is 10.2 Å². The van der Waals surface area contributed by atoms with Crippen molar-refractivity contribution in [2.75, 3.05) is 7.11 Å². The molecule has 0 bridgehead atoms. The van der Waals surface area contributed by atoms with E-state index in [0.29, 0.717) is 30.7 Å². The molecule has 1 aliphatic carbocycles. The van der Waals surface area contributed by atoms with Gasteiger partial charge in [0.25, 0.3) is 5.91 Å². The number of carbonyl (C=O) groups is 1. The van der Waals surface area contributed by atoms with Crippen molar-refractivity contribution < 1.29 is 36.6 Å². The topological polar surface area (TPSA) is 85.7 Å². The van der Waals surface area contributed by atoms with E-state index in [0.717, 1.165) is 36.3 Å². The first kappa shape index (κ1) is 32.0. The standard InChI is InChI=1S/C30H36F5N3O3/c1-18(27(41-3)21-9-11-25(39)12-10-21)19(2)38(17-20-13-22(31)15-23(32)14-20)29(40)26(16-36)28(30(33,34)35)37-24-7-5-4-6-8-24/h9-16,18-19,24,27,36-37,39H,4-8,17H2,1-3H3/b28-26+,36-16?. The number of carbonyl (C=O) groups excluding carboxylic acids is 1. The van der Waals surface area contributed by atoms with Gasteiger partial charge < -0.3 is 25.5 Å². The number of nitrogens with one attached hydrogen (secondary N) is 2. The number of alkyl halides is 3. The lowest BCUT2D eigenvalue weighted by Gasteiger charge is -2.37. The molecule has 0 heterocycles. The van der Waals surface area contributed by atoms with Gasteiger partial charge in [-0.05, 0) is 55.2 Å². The maximum Gasteiger partial charge on any atom is 0.431 e. The number of halogens is 5. The summed E-state index contributed by atoms with van der Waals surface area (Å²) < 4.78 is 76.8. The van der Waals surface area contributed by atoms with Crippen LogP contribution < -0.4 is 5.32 Å². The highest BCUT2D eigenvalue weighted by Crippen LogP contribution is 2.34. The van der Waals surface area contributed by atoms with E-state index < -0.39 is 65.6 Å². The molecule has 224 valence electrons. The Labute approximate surface area is 236 Å². The summed E-state index contributed by atoms with van der Waals surface area (Å²) in [6, 6.07) is 7.51. The van der Waals surface area contributed by atoms with E-state index in [1.165, 1.54) is 19.2 Å². The van der Waals surface area contributed by atoms with Gasteiger partial charge in [-0.15, -0.1) is 0 Å². The molecule has 3 atom stereocenters. The maximum atomic E-state index is 14.3. The zero-order chi connectivity index (χ0) is 30.3. The van der Waals surface area contributed by atoms with Crippen LogP contribution in [0.1, 0.15) is 63.2 Å². The van der Waals surface area contributed by atoms with Crippen LogP contribution in [0.15, 0.2) is 53.7 Å². The second-order valence-electron chi connectivity index (χ2n) is 10.5. The third-order valence-electron chi connectivity index (χ3n) is 7.62. The number of benzene rings is 2. The number of methoxy groups -OCH3 is 1. The highest BCUT2D eigenvalue weighted by atomic mass is 19.4. The van der Waals surface area contributed by atoms with Gasteiger partial charge in [-0.1, -0.05) is 38.3 Å². The van der Waals surface area contributed by atoms with Crippen molar-refractivity contribution in [3.63, 3.8) is 0 Å². The lowest BCUT2D eigenvalue weighted by molar-refractivity contribution is -0.133. The Kier molecular flexibility index (Phi) is 10.9. The lowest BCUT2D eigenvalue weighted by atomic mass is 9.89. The van der Waals surface area contributed by atoms with Crippen LogP contribution in [0, 0.1) is 23.0 Å². The van der Waals surface area contributed by atoms with E-state index in [1.54, 1.807) is 26.0 Å². The molecule has 0 aromatic heterocycles. The van der Waals surface area contributed by atoms with Crippen LogP contribution in [0.3, 0.4) is 0 Å². The van der Waals surface area contributed by atoms with Gasteiger partial charge in [0.1, 0.15) is 23.1 Å². The number of phenolic OH excluding ortho intramolecular Hbond substituents is 1. The summed E-state index contributed by atoms with van der Waals surface area (Å²) >= 11 is 0. The zero-order valence-electron chi connectivity index (χ0n) is 23.3. The summed E-state index contributed by atoms with van der Waals surface area (Å²) in [6.45, 7) is 2.92. The van der Waals surface area contributed by atoms with Gasteiger partial charge in [-0.3, -0.25) is 4.79 Å². The molecule has 0 spiro atoms. The first-order valence-electron chi connectivity index (χ1n) is 13.5. The highest BCUT2D eigenvalue weighted by molar-refractivity contribution is 6.12. The van der Waals surface area contributed by atoms with Crippen molar-refractivity contribution in [2.45, 2.75) is 76.9 Å². The summed E-state index contributed by atoms with van der Waals surface area (Å²) in [5, 5.41) is 20.0. The lowest BCUT2D eigenvalue weighted by Crippen LogP contribution is -2.46. The molecule has 3 rings (SSSR count). The van der Waals surface area contributed by atoms with Crippen molar-refractivity contribution >= 4 is 12.1 Å². The molecule has 1 aliphatic rings. The molecule has 1 saturated carbocycles. The van der Waals surface area contributed by atoms with Gasteiger partial charge in [-0.25, -0.2) is 8.78 Å². The van der Waals surface area contributed by atoms with E-state index in [4.69, 9.17) is 10.1 Å². The average Bonchev–Trinajstić information content (AvgIpc) is 2.92. The molecule has 3 N–H and O–H groups in total. The van der Waals surface area contributed by atoms with E-state index in [1.807, 2.05) is 0 Å². The summed E-state index contributed by atoms with van der Waals surface area (Å²) in [7, 11) is 1.44. The minimum Gasteiger partial charge on any atom is -0.508 e. The minimum atomic E-state index is -4.95. The SMILES string of the molecule is COC(c1ccc(O)cc1)C(C)C(C)N(Cc1cc(F)cc(F)c1)C(=O)/C(C=N)=C(/NC1CCCCC1)C(F)(F)F. The van der Waals surface area contributed by atoms with Crippen LogP contribution in [0.2, 0.25) is 0 Å². The third kappa shape index (κ3) is 8.28. The quantitative estimate of drug-likeness (QED) is 0.155. The van der Waals surface area contributed by atoms with Crippen molar-refractivity contribution in [3.8, 4) is 5.75 Å². The van der Waals surface area contributed by atoms with E-state index in [9.17, 15) is 31.9 Å². The summed E-state index contributed by atoms with van der Waals surface area (Å²) in [4.78, 5) is 15.0. The van der Waals surface area contributed by atoms with Crippen LogP contribution in [0.25, 0.3) is 0 Å². The average molecular weight is 582 g/mol. The fourth-order valence-electron chi connectivity index (χ4n) is 5.31. The highest BCUT2D eigenvalue weighted by Gasteiger charge is 2.41. The Morgan fingerprint density at radius 2 is 1.68 bits per heavy atom. The van der Waals surface area contributed by atoms with Crippen LogP contribution in [0.5, 0.6) is 5.75 Å². The number of ether oxygens (including phenoxy) is 1. The molecule has 11 heteroatoms. The van der Waals surface area contributed by atoms with Crippen molar-refractivity contribution in [1.29, 1.82) is 5.41 Å². The molecule has 2 aromatic rings. The Bertz CT molecular complexity index is 1210. The van der Waals surface area contributed by atoms with Crippen molar-refractivity contribution in [2.24, 2.45) is 5.92 Å². The molecule has 1 fully saturated rings. The van der Waals surface area contributed by atoms with Gasteiger partial charge in [0, 0.05) is 43.9 Å². The number of hydrogen-bond donors (Lipinski definition) is 3. The number of aromatic hydroxyl groups is 1. The smallest absolute Gasteiger partial charge is 0.431 e. The molecular weight excluding hydrogens is 545 g/mol. The molecule has 41 heavy (non-hydrogen) atoms. The normalized spacial score (nSPS) is 17.3. The van der Waals surface area contributed by atoms with Gasteiger partial charge in [0.15, 0.2) is 0 Å². The first-order chi connectivity index (χ1) is 19.3. The molecular formula is C30H36F5N3O3. The van der Waals surface area contributed by atoms with E-state index in [2.05, 4.69) is 5.32 Å². The van der Waals surface area contributed by atoms with Gasteiger partial charge >= 0.3 is 6.18 Å². The van der Waals surface area contributed by atoms with Gasteiger partial charge in [0.05, 0.1) is 11.7 Å². The third-order valence-corrected chi connectivity index (χ3v) is 7.62. The monoisotopic (exact) mass is 581 g/mol. The Morgan fingerprint density at radius 3 is 2.20 bits per heavy atom. The van der Waals surface area contributed by atoms with E-state index in [-0.39, 0.29) is 11.3 Å². The molecule has 6 nitrogen and oxygen atoms in total. The van der Waals surface area contributed by atoms with Gasteiger partial charge in [0.2, 0.25) is 0 Å². The minimum absolute atomic E-state index is 0.0279. The number of rotatable bonds is 11. The maximum absolute atomic E-state index is 14.3. The molecule has 2 aromatic carbocycles. The largest absolute Gasteiger partial charge is 0.508 e. The predicted octanol–water partition coefficient (Wildman–Crippen LogP) is 6.80. The summed E-state index contributed by atoms with van der Waals surface area (Å²) in [5.41, 5.74) is -1.52. The number of phenols is 1. The summed E-state index contributed by atoms with van der Waals surface area (Å²) in [6.07, 6.45) is -1.81. The molecule has 3 unspecified atom stereocenters. The van der Waals surface area contributed by atoms with Crippen LogP contribution in [-0.4, -0.2) is 47.5 Å². The second-order valence-corrected chi connectivity index (χ2v) is 10.5. The van der Waals surface area contributed by atoms with Gasteiger partial charge in [-0.2, -0.15) is 13.2 Å². The zero-order valence-corrected chi connectivity index (χ0v) is 23.3. The Morgan fingerprint density at radius 1 is 1.10 bits per heavy atom. The molecule has 0 aliphatic heterocycles. The predicted molar refractivity (Wildman–Crippen MR) is 145 cm³/mol. The first-order valence-corrected chi connectivity index (χ1v) is 13.5. The number of hydrogen-bond acceptors (Lipinski definition) is 5. The summed E-state index contributed by atoms with van der Waals surface area (Å²) in [5.74, 6) is -3.42. The number of nitrogens with zero attached hydrogens (tertiary/aromatic N) is 1. The Hall–Kier alpha value is -3.47. The van der Waals surface area contributed by atoms with Crippen LogP contribution in [-0.2, 0) is 16.1 Å². The number of allylic oxidation sites excluding steroid dienone is 1. The Balaban J connectivity index is 2.07. The van der Waals surface area contributed by atoms with E-state index >= 15 is 0 Å². The van der Waals surface area contributed by atoms with Crippen LogP contribution >= 0.6 is 0 Å². The number of amides is 1. The fourth-order valence-corrected chi connectivity index (χ4v) is 5.31. The second kappa shape index (κ2) is 13.9.